The van der Waals surface area contributed by atoms with Crippen LogP contribution in [0.1, 0.15) is 6.92 Å². The second-order valence-corrected chi connectivity index (χ2v) is 4.75. The van der Waals surface area contributed by atoms with Gasteiger partial charge < -0.3 is 15.0 Å². The molecule has 2 rings (SSSR count). The lowest BCUT2D eigenvalue weighted by Gasteiger charge is -2.29. The lowest BCUT2D eigenvalue weighted by molar-refractivity contribution is -0.135. The number of anilines is 1. The lowest BCUT2D eigenvalue weighted by atomic mass is 10.2. The Morgan fingerprint density at radius 1 is 1.44 bits per heavy atom. The Morgan fingerprint density at radius 3 is 2.83 bits per heavy atom. The van der Waals surface area contributed by atoms with E-state index in [1.165, 1.54) is 0 Å². The quantitative estimate of drug-likeness (QED) is 0.912. The Balaban J connectivity index is 1.94. The van der Waals surface area contributed by atoms with Gasteiger partial charge in [0.15, 0.2) is 0 Å². The minimum Gasteiger partial charge on any atom is -0.378 e. The predicted octanol–water partition coefficient (Wildman–Crippen LogP) is 2.00. The number of carbonyl (C=O) groups excluding carboxylic acids is 1. The summed E-state index contributed by atoms with van der Waals surface area (Å²) in [6.07, 6.45) is 0. The smallest absolute Gasteiger partial charge is 0.244 e. The molecule has 1 aromatic carbocycles. The number of nitrogens with zero attached hydrogens (tertiary/aromatic N) is 1. The van der Waals surface area contributed by atoms with Crippen LogP contribution < -0.4 is 5.32 Å². The van der Waals surface area contributed by atoms with Crippen molar-refractivity contribution >= 4 is 23.2 Å². The molecule has 1 unspecified atom stereocenters. The number of hydrogen-bond donors (Lipinski definition) is 1. The third-order valence-corrected chi connectivity index (χ3v) is 3.14. The van der Waals surface area contributed by atoms with Gasteiger partial charge in [-0.05, 0) is 25.1 Å². The number of halogens is 1. The Kier molecular flexibility index (Phi) is 4.44. The summed E-state index contributed by atoms with van der Waals surface area (Å²) >= 11 is 5.90. The molecule has 0 aromatic heterocycles. The monoisotopic (exact) mass is 268 g/mol. The highest BCUT2D eigenvalue weighted by Gasteiger charge is 2.22. The number of rotatable bonds is 3. The average Bonchev–Trinajstić information content (AvgIpc) is 2.39. The molecule has 1 aliphatic heterocycles. The summed E-state index contributed by atoms with van der Waals surface area (Å²) in [5.41, 5.74) is 0.858. The van der Waals surface area contributed by atoms with Crippen LogP contribution in [-0.2, 0) is 9.53 Å². The predicted molar refractivity (Wildman–Crippen MR) is 71.9 cm³/mol. The fraction of sp³-hybridized carbons (Fsp3) is 0.462. The molecule has 1 atom stereocenters. The zero-order valence-corrected chi connectivity index (χ0v) is 11.1. The van der Waals surface area contributed by atoms with Crippen molar-refractivity contribution in [1.29, 1.82) is 0 Å². The Bertz CT molecular complexity index is 419. The van der Waals surface area contributed by atoms with Gasteiger partial charge in [-0.15, -0.1) is 0 Å². The van der Waals surface area contributed by atoms with Crippen LogP contribution in [0, 0.1) is 0 Å². The molecule has 18 heavy (non-hydrogen) atoms. The van der Waals surface area contributed by atoms with Crippen LogP contribution in [0.15, 0.2) is 24.3 Å². The van der Waals surface area contributed by atoms with Crippen molar-refractivity contribution in [2.45, 2.75) is 13.0 Å². The minimum atomic E-state index is -0.262. The number of nitrogens with one attached hydrogen (secondary N) is 1. The van der Waals surface area contributed by atoms with Gasteiger partial charge in [0, 0.05) is 23.8 Å². The molecule has 5 heteroatoms. The topological polar surface area (TPSA) is 41.6 Å². The van der Waals surface area contributed by atoms with E-state index < -0.39 is 0 Å². The lowest BCUT2D eigenvalue weighted by Crippen LogP contribution is -2.46. The first-order valence-corrected chi connectivity index (χ1v) is 6.43. The molecule has 0 radical (unpaired) electrons. The van der Waals surface area contributed by atoms with Gasteiger partial charge in [-0.1, -0.05) is 17.7 Å². The van der Waals surface area contributed by atoms with E-state index in [1.54, 1.807) is 6.07 Å². The van der Waals surface area contributed by atoms with E-state index in [0.29, 0.717) is 31.3 Å². The number of hydrogen-bond acceptors (Lipinski definition) is 3. The summed E-state index contributed by atoms with van der Waals surface area (Å²) in [5.74, 6) is 0.0956. The van der Waals surface area contributed by atoms with Gasteiger partial charge in [-0.3, -0.25) is 4.79 Å². The van der Waals surface area contributed by atoms with E-state index >= 15 is 0 Å². The zero-order valence-electron chi connectivity index (χ0n) is 10.4. The molecular formula is C13H17ClN2O2. The van der Waals surface area contributed by atoms with Crippen LogP contribution in [-0.4, -0.2) is 43.2 Å². The molecule has 1 N–H and O–H groups in total. The van der Waals surface area contributed by atoms with Gasteiger partial charge in [0.05, 0.1) is 13.2 Å². The molecule has 1 saturated heterocycles. The van der Waals surface area contributed by atoms with Gasteiger partial charge in [0.2, 0.25) is 5.91 Å². The maximum absolute atomic E-state index is 12.2. The third-order valence-electron chi connectivity index (χ3n) is 2.90. The van der Waals surface area contributed by atoms with Crippen LogP contribution in [0.5, 0.6) is 0 Å². The van der Waals surface area contributed by atoms with E-state index in [4.69, 9.17) is 16.3 Å². The van der Waals surface area contributed by atoms with Crippen molar-refractivity contribution in [2.75, 3.05) is 31.6 Å². The average molecular weight is 269 g/mol. The van der Waals surface area contributed by atoms with Crippen LogP contribution in [0.2, 0.25) is 5.02 Å². The molecule has 0 saturated carbocycles. The summed E-state index contributed by atoms with van der Waals surface area (Å²) in [6, 6.07) is 7.11. The summed E-state index contributed by atoms with van der Waals surface area (Å²) in [7, 11) is 0. The van der Waals surface area contributed by atoms with Crippen molar-refractivity contribution in [3.8, 4) is 0 Å². The van der Waals surface area contributed by atoms with Gasteiger partial charge in [-0.25, -0.2) is 0 Å². The van der Waals surface area contributed by atoms with E-state index in [1.807, 2.05) is 30.0 Å². The third kappa shape index (κ3) is 3.37. The highest BCUT2D eigenvalue weighted by molar-refractivity contribution is 6.30. The van der Waals surface area contributed by atoms with Gasteiger partial charge in [0.1, 0.15) is 6.04 Å². The van der Waals surface area contributed by atoms with E-state index in [9.17, 15) is 4.79 Å². The summed E-state index contributed by atoms with van der Waals surface area (Å²) in [4.78, 5) is 14.0. The van der Waals surface area contributed by atoms with Crippen LogP contribution in [0.25, 0.3) is 0 Å². The number of morpholine rings is 1. The van der Waals surface area contributed by atoms with Crippen LogP contribution >= 0.6 is 11.6 Å². The maximum Gasteiger partial charge on any atom is 0.244 e. The second kappa shape index (κ2) is 6.07. The van der Waals surface area contributed by atoms with Crippen molar-refractivity contribution in [2.24, 2.45) is 0 Å². The molecule has 1 aliphatic rings. The van der Waals surface area contributed by atoms with Crippen molar-refractivity contribution in [1.82, 2.24) is 4.90 Å². The van der Waals surface area contributed by atoms with Crippen molar-refractivity contribution < 1.29 is 9.53 Å². The number of carbonyl (C=O) groups is 1. The van der Waals surface area contributed by atoms with Gasteiger partial charge in [-0.2, -0.15) is 0 Å². The Morgan fingerprint density at radius 2 is 2.17 bits per heavy atom. The first-order chi connectivity index (χ1) is 8.66. The molecule has 0 bridgehead atoms. The highest BCUT2D eigenvalue weighted by atomic mass is 35.5. The van der Waals surface area contributed by atoms with Crippen molar-refractivity contribution in [3.63, 3.8) is 0 Å². The highest BCUT2D eigenvalue weighted by Crippen LogP contribution is 2.16. The number of amides is 1. The molecule has 4 nitrogen and oxygen atoms in total. The summed E-state index contributed by atoms with van der Waals surface area (Å²) < 4.78 is 5.23. The molecule has 1 fully saturated rings. The summed E-state index contributed by atoms with van der Waals surface area (Å²) in [6.45, 7) is 4.44. The molecule has 1 amide bonds. The maximum atomic E-state index is 12.2. The van der Waals surface area contributed by atoms with E-state index in [0.717, 1.165) is 5.69 Å². The zero-order chi connectivity index (χ0) is 13.0. The van der Waals surface area contributed by atoms with E-state index in [-0.39, 0.29) is 11.9 Å². The first kappa shape index (κ1) is 13.2. The van der Waals surface area contributed by atoms with Gasteiger partial charge in [0.25, 0.3) is 0 Å². The van der Waals surface area contributed by atoms with E-state index in [2.05, 4.69) is 5.32 Å². The fourth-order valence-corrected chi connectivity index (χ4v) is 2.14. The van der Waals surface area contributed by atoms with Gasteiger partial charge >= 0.3 is 0 Å². The van der Waals surface area contributed by atoms with Crippen LogP contribution in [0.3, 0.4) is 0 Å². The normalized spacial score (nSPS) is 17.3. The summed E-state index contributed by atoms with van der Waals surface area (Å²) in [5, 5.41) is 3.82. The largest absolute Gasteiger partial charge is 0.378 e. The van der Waals surface area contributed by atoms with Crippen LogP contribution in [0.4, 0.5) is 5.69 Å². The molecule has 98 valence electrons. The minimum absolute atomic E-state index is 0.0956. The molecule has 0 spiro atoms. The SMILES string of the molecule is CC(Nc1cccc(Cl)c1)C(=O)N1CCOCC1. The number of benzene rings is 1. The Hall–Kier alpha value is -1.26. The second-order valence-electron chi connectivity index (χ2n) is 4.31. The molecule has 0 aliphatic carbocycles. The number of ether oxygens (including phenoxy) is 1. The van der Waals surface area contributed by atoms with Crippen molar-refractivity contribution in [3.05, 3.63) is 29.3 Å². The standard InChI is InChI=1S/C13H17ClN2O2/c1-10(13(17)16-5-7-18-8-6-16)15-12-4-2-3-11(14)9-12/h2-4,9-10,15H,5-8H2,1H3. The molecule has 1 heterocycles. The first-order valence-electron chi connectivity index (χ1n) is 6.05. The molecule has 1 aromatic rings. The fourth-order valence-electron chi connectivity index (χ4n) is 1.95. The molecular weight excluding hydrogens is 252 g/mol. The Labute approximate surface area is 112 Å².